The van der Waals surface area contributed by atoms with Gasteiger partial charge >= 0.3 is 11.9 Å². The summed E-state index contributed by atoms with van der Waals surface area (Å²) in [7, 11) is 0. The van der Waals surface area contributed by atoms with Crippen LogP contribution in [-0.4, -0.2) is 65.7 Å². The van der Waals surface area contributed by atoms with Crippen molar-refractivity contribution in [2.45, 2.75) is 31.7 Å². The average molecular weight is 469 g/mol. The first-order valence-corrected chi connectivity index (χ1v) is 10.3. The van der Waals surface area contributed by atoms with E-state index in [9.17, 15) is 19.5 Å². The molecule has 0 aliphatic rings. The second kappa shape index (κ2) is 10.8. The Kier molecular flexibility index (Phi) is 7.69. The highest BCUT2D eigenvalue weighted by Gasteiger charge is 2.21. The quantitative estimate of drug-likeness (QED) is 0.215. The van der Waals surface area contributed by atoms with E-state index in [1.807, 2.05) is 0 Å². The van der Waals surface area contributed by atoms with E-state index in [4.69, 9.17) is 15.9 Å². The molecule has 13 nitrogen and oxygen atoms in total. The number of carbonyl (C=O) groups is 3. The van der Waals surface area contributed by atoms with Crippen molar-refractivity contribution in [3.63, 3.8) is 0 Å². The van der Waals surface area contributed by atoms with E-state index in [-0.39, 0.29) is 41.4 Å². The predicted octanol–water partition coefficient (Wildman–Crippen LogP) is 0.800. The lowest BCUT2D eigenvalue weighted by atomic mass is 10.1. The summed E-state index contributed by atoms with van der Waals surface area (Å²) >= 11 is 0. The van der Waals surface area contributed by atoms with Gasteiger partial charge in [0.2, 0.25) is 11.8 Å². The molecule has 13 heteroatoms. The molecule has 2 aromatic heterocycles. The molecule has 3 aromatic rings. The zero-order chi connectivity index (χ0) is 24.7. The molecule has 1 unspecified atom stereocenters. The number of hydrogen-bond acceptors (Lipinski definition) is 10. The van der Waals surface area contributed by atoms with Gasteiger partial charge in [-0.1, -0.05) is 0 Å². The molecular formula is C21H23N7O6. The summed E-state index contributed by atoms with van der Waals surface area (Å²) in [4.78, 5) is 50.2. The number of nitrogens with one attached hydrogen (secondary N) is 2. The summed E-state index contributed by atoms with van der Waals surface area (Å²) in [6.07, 6.45) is 2.26. The van der Waals surface area contributed by atoms with Crippen LogP contribution < -0.4 is 16.4 Å². The number of benzene rings is 1. The highest BCUT2D eigenvalue weighted by molar-refractivity contribution is 5.96. The zero-order valence-corrected chi connectivity index (χ0v) is 17.9. The first-order chi connectivity index (χ1) is 16.2. The molecule has 0 saturated carbocycles. The van der Waals surface area contributed by atoms with Crippen molar-refractivity contribution < 1.29 is 29.7 Å². The summed E-state index contributed by atoms with van der Waals surface area (Å²) < 4.78 is 0. The van der Waals surface area contributed by atoms with Crippen molar-refractivity contribution in [1.82, 2.24) is 25.3 Å². The number of fused-ring (bicyclic) bond motifs is 1. The van der Waals surface area contributed by atoms with Crippen LogP contribution in [-0.2, 0) is 16.0 Å². The molecule has 0 spiro atoms. The maximum Gasteiger partial charge on any atom is 0.326 e. The maximum absolute atomic E-state index is 12.3. The largest absolute Gasteiger partial charge is 0.492 e. The minimum absolute atomic E-state index is 0.0837. The molecule has 1 amide bonds. The Morgan fingerprint density at radius 2 is 1.79 bits per heavy atom. The molecule has 0 fully saturated rings. The van der Waals surface area contributed by atoms with Gasteiger partial charge in [0.25, 0.3) is 5.91 Å². The highest BCUT2D eigenvalue weighted by Crippen LogP contribution is 2.18. The van der Waals surface area contributed by atoms with Crippen LogP contribution in [0.1, 0.15) is 35.3 Å². The number of nitrogens with two attached hydrogens (primary N) is 1. The van der Waals surface area contributed by atoms with E-state index in [0.29, 0.717) is 25.1 Å². The number of nitrogen functional groups attached to an aromatic ring is 1. The molecule has 1 aromatic carbocycles. The number of hydrogen-bond donors (Lipinski definition) is 6. The number of rotatable bonds is 11. The lowest BCUT2D eigenvalue weighted by Crippen LogP contribution is -2.41. The summed E-state index contributed by atoms with van der Waals surface area (Å²) in [6, 6.07) is 5.15. The second-order valence-corrected chi connectivity index (χ2v) is 7.34. The van der Waals surface area contributed by atoms with Crippen molar-refractivity contribution in [3.05, 3.63) is 41.7 Å². The molecule has 0 aliphatic heterocycles. The molecule has 2 heterocycles. The number of amides is 1. The summed E-state index contributed by atoms with van der Waals surface area (Å²) in [6.45, 7) is 0.589. The number of carboxylic acid groups (broad SMARTS) is 2. The van der Waals surface area contributed by atoms with Gasteiger partial charge in [0.15, 0.2) is 11.2 Å². The van der Waals surface area contributed by atoms with E-state index in [1.165, 1.54) is 12.1 Å². The van der Waals surface area contributed by atoms with E-state index in [1.54, 1.807) is 18.3 Å². The Balaban J connectivity index is 1.49. The molecule has 178 valence electrons. The second-order valence-electron chi connectivity index (χ2n) is 7.34. The Hall–Kier alpha value is -4.55. The van der Waals surface area contributed by atoms with Gasteiger partial charge in [-0.25, -0.2) is 14.8 Å². The normalized spacial score (nSPS) is 11.6. The minimum atomic E-state index is -1.30. The van der Waals surface area contributed by atoms with Gasteiger partial charge < -0.3 is 31.7 Å². The van der Waals surface area contributed by atoms with Crippen molar-refractivity contribution in [1.29, 1.82) is 0 Å². The first kappa shape index (κ1) is 24.1. The summed E-state index contributed by atoms with van der Waals surface area (Å²) in [5.74, 6) is -3.44. The van der Waals surface area contributed by atoms with Crippen LogP contribution in [0.15, 0.2) is 30.5 Å². The molecular weight excluding hydrogens is 446 g/mol. The molecule has 0 aliphatic carbocycles. The Morgan fingerprint density at radius 3 is 2.47 bits per heavy atom. The molecule has 0 saturated heterocycles. The predicted molar refractivity (Wildman–Crippen MR) is 120 cm³/mol. The fraction of sp³-hybridized carbons (Fsp3) is 0.286. The number of aliphatic carboxylic acids is 2. The highest BCUT2D eigenvalue weighted by atomic mass is 16.4. The average Bonchev–Trinajstić information content (AvgIpc) is 2.79. The van der Waals surface area contributed by atoms with Crippen LogP contribution in [0.4, 0.5) is 11.6 Å². The number of anilines is 2. The van der Waals surface area contributed by atoms with Gasteiger partial charge in [-0.3, -0.25) is 9.59 Å². The Labute approximate surface area is 193 Å². The van der Waals surface area contributed by atoms with Crippen molar-refractivity contribution in [2.75, 3.05) is 17.6 Å². The first-order valence-electron chi connectivity index (χ1n) is 10.3. The van der Waals surface area contributed by atoms with Crippen LogP contribution in [0.5, 0.6) is 5.88 Å². The monoisotopic (exact) mass is 469 g/mol. The van der Waals surface area contributed by atoms with Gasteiger partial charge in [0, 0.05) is 24.2 Å². The third-order valence-electron chi connectivity index (χ3n) is 4.79. The number of carboxylic acids is 2. The number of nitrogens with zero attached hydrogens (tertiary/aromatic N) is 4. The molecule has 7 N–H and O–H groups in total. The third-order valence-corrected chi connectivity index (χ3v) is 4.79. The molecule has 34 heavy (non-hydrogen) atoms. The maximum atomic E-state index is 12.3. The van der Waals surface area contributed by atoms with Gasteiger partial charge in [-0.05, 0) is 43.5 Å². The molecule has 3 rings (SSSR count). The molecule has 0 radical (unpaired) electrons. The number of aryl methyl sites for hydroxylation is 1. The van der Waals surface area contributed by atoms with Gasteiger partial charge in [0.05, 0.1) is 11.9 Å². The van der Waals surface area contributed by atoms with E-state index in [2.05, 4.69) is 30.6 Å². The van der Waals surface area contributed by atoms with Crippen molar-refractivity contribution in [2.24, 2.45) is 0 Å². The Bertz CT molecular complexity index is 1200. The number of aromatic hydroxyl groups is 1. The van der Waals surface area contributed by atoms with E-state index >= 15 is 0 Å². The van der Waals surface area contributed by atoms with Crippen LogP contribution in [0.25, 0.3) is 11.2 Å². The number of aromatic nitrogens is 4. The molecule has 0 bridgehead atoms. The zero-order valence-electron chi connectivity index (χ0n) is 17.9. The van der Waals surface area contributed by atoms with Crippen LogP contribution >= 0.6 is 0 Å². The van der Waals surface area contributed by atoms with Crippen LogP contribution in [0.3, 0.4) is 0 Å². The number of carbonyl (C=O) groups excluding carboxylic acids is 1. The van der Waals surface area contributed by atoms with Gasteiger partial charge in [-0.15, -0.1) is 0 Å². The summed E-state index contributed by atoms with van der Waals surface area (Å²) in [5.41, 5.74) is 7.53. The van der Waals surface area contributed by atoms with Crippen LogP contribution in [0, 0.1) is 0 Å². The van der Waals surface area contributed by atoms with Gasteiger partial charge in [-0.2, -0.15) is 9.97 Å². The lowest BCUT2D eigenvalue weighted by molar-refractivity contribution is -0.140. The lowest BCUT2D eigenvalue weighted by Gasteiger charge is -2.14. The fourth-order valence-corrected chi connectivity index (χ4v) is 3.07. The van der Waals surface area contributed by atoms with Gasteiger partial charge in [0.1, 0.15) is 6.04 Å². The third kappa shape index (κ3) is 6.48. The molecule has 1 atom stereocenters. The smallest absolute Gasteiger partial charge is 0.326 e. The minimum Gasteiger partial charge on any atom is -0.492 e. The van der Waals surface area contributed by atoms with E-state index in [0.717, 1.165) is 5.69 Å². The van der Waals surface area contributed by atoms with Crippen molar-refractivity contribution in [3.8, 4) is 5.88 Å². The van der Waals surface area contributed by atoms with E-state index < -0.39 is 23.9 Å². The topological polar surface area (TPSA) is 214 Å². The fourth-order valence-electron chi connectivity index (χ4n) is 3.07. The van der Waals surface area contributed by atoms with Crippen molar-refractivity contribution >= 4 is 40.6 Å². The SMILES string of the molecule is Nc1nc(O)c2nc(CCCNc3ccc(C(=O)NC(CCC(=O)O)C(=O)O)cc3)cnc2n1. The summed E-state index contributed by atoms with van der Waals surface area (Å²) in [5, 5.41) is 33.2. The standard InChI is InChI=1S/C21H23N7O6/c22-21-27-17-16(19(32)28-21)25-13(10-24-17)2-1-9-23-12-5-3-11(4-6-12)18(31)26-14(20(33)34)7-8-15(29)30/h3-6,10,14,23H,1-2,7-9H2,(H,26,31)(H,29,30)(H,33,34)(H3,22,24,27,28,32). The van der Waals surface area contributed by atoms with Crippen LogP contribution in [0.2, 0.25) is 0 Å². The Morgan fingerprint density at radius 1 is 1.06 bits per heavy atom.